The Balaban J connectivity index is 2.33. The molecule has 0 amide bonds. The van der Waals surface area contributed by atoms with Crippen molar-refractivity contribution in [2.24, 2.45) is 5.92 Å². The van der Waals surface area contributed by atoms with Crippen LogP contribution < -0.4 is 4.90 Å². The summed E-state index contributed by atoms with van der Waals surface area (Å²) in [5.41, 5.74) is 2.27. The molecule has 1 aliphatic rings. The van der Waals surface area contributed by atoms with Crippen molar-refractivity contribution in [3.8, 4) is 6.07 Å². The maximum absolute atomic E-state index is 9.02. The third kappa shape index (κ3) is 1.76. The molecule has 0 aliphatic carbocycles. The molecule has 16 heavy (non-hydrogen) atoms. The lowest BCUT2D eigenvalue weighted by Crippen LogP contribution is -2.30. The first kappa shape index (κ1) is 11.3. The van der Waals surface area contributed by atoms with Gasteiger partial charge in [-0.3, -0.25) is 0 Å². The molecule has 1 fully saturated rings. The van der Waals surface area contributed by atoms with Crippen molar-refractivity contribution in [2.45, 2.75) is 26.3 Å². The monoisotopic (exact) mass is 234 g/mol. The summed E-state index contributed by atoms with van der Waals surface area (Å²) in [6.07, 6.45) is 0.948. The van der Waals surface area contributed by atoms with Crippen LogP contribution in [0.3, 0.4) is 0 Å². The topological polar surface area (TPSA) is 27.0 Å². The first-order valence-electron chi connectivity index (χ1n) is 5.56. The molecule has 1 aliphatic heterocycles. The van der Waals surface area contributed by atoms with Crippen LogP contribution >= 0.6 is 11.6 Å². The van der Waals surface area contributed by atoms with Gasteiger partial charge in [0.25, 0.3) is 0 Å². The van der Waals surface area contributed by atoms with Gasteiger partial charge in [-0.1, -0.05) is 17.7 Å². The van der Waals surface area contributed by atoms with Crippen LogP contribution in [0.25, 0.3) is 0 Å². The number of anilines is 1. The van der Waals surface area contributed by atoms with Crippen molar-refractivity contribution >= 4 is 17.3 Å². The van der Waals surface area contributed by atoms with E-state index in [1.807, 2.05) is 19.1 Å². The van der Waals surface area contributed by atoms with E-state index in [0.29, 0.717) is 0 Å². The van der Waals surface area contributed by atoms with Crippen LogP contribution in [0.2, 0.25) is 5.02 Å². The van der Waals surface area contributed by atoms with Crippen LogP contribution in [0.4, 0.5) is 5.69 Å². The molecule has 1 heterocycles. The summed E-state index contributed by atoms with van der Waals surface area (Å²) in [4.78, 5) is 2.29. The Labute approximate surface area is 101 Å². The summed E-state index contributed by atoms with van der Waals surface area (Å²) in [6.45, 7) is 5.09. The number of hydrogen-bond donors (Lipinski definition) is 0. The molecule has 2 rings (SSSR count). The van der Waals surface area contributed by atoms with Gasteiger partial charge in [-0.25, -0.2) is 0 Å². The average molecular weight is 235 g/mol. The minimum Gasteiger partial charge on any atom is -0.367 e. The van der Waals surface area contributed by atoms with Crippen LogP contribution in [0.5, 0.6) is 0 Å². The summed E-state index contributed by atoms with van der Waals surface area (Å²) in [5.74, 6) is 0.137. The second kappa shape index (κ2) is 4.35. The third-order valence-corrected chi connectivity index (χ3v) is 3.88. The lowest BCUT2D eigenvalue weighted by Gasteiger charge is -2.26. The molecule has 0 spiro atoms. The van der Waals surface area contributed by atoms with Crippen molar-refractivity contribution < 1.29 is 0 Å². The number of benzene rings is 1. The number of nitrogens with zero attached hydrogens (tertiary/aromatic N) is 2. The summed E-state index contributed by atoms with van der Waals surface area (Å²) in [5, 5.41) is 9.82. The zero-order chi connectivity index (χ0) is 11.7. The van der Waals surface area contributed by atoms with Gasteiger partial charge >= 0.3 is 0 Å². The minimum absolute atomic E-state index is 0.137. The van der Waals surface area contributed by atoms with Gasteiger partial charge in [0.2, 0.25) is 0 Å². The fourth-order valence-electron chi connectivity index (χ4n) is 2.36. The third-order valence-electron chi connectivity index (χ3n) is 3.47. The fourth-order valence-corrected chi connectivity index (χ4v) is 2.53. The van der Waals surface area contributed by atoms with Crippen LogP contribution in [0.15, 0.2) is 18.2 Å². The normalized spacial score (nSPS) is 24.5. The Hall–Kier alpha value is -1.20. The Bertz CT molecular complexity index is 436. The van der Waals surface area contributed by atoms with Crippen LogP contribution in [-0.2, 0) is 0 Å². The summed E-state index contributed by atoms with van der Waals surface area (Å²) < 4.78 is 0. The van der Waals surface area contributed by atoms with Gasteiger partial charge in [-0.15, -0.1) is 0 Å². The Kier molecular flexibility index (Phi) is 3.07. The van der Waals surface area contributed by atoms with Gasteiger partial charge in [0.1, 0.15) is 0 Å². The van der Waals surface area contributed by atoms with E-state index in [1.165, 1.54) is 0 Å². The number of hydrogen-bond acceptors (Lipinski definition) is 2. The first-order valence-corrected chi connectivity index (χ1v) is 5.94. The van der Waals surface area contributed by atoms with E-state index in [9.17, 15) is 0 Å². The minimum atomic E-state index is 0.137. The number of nitriles is 1. The molecular weight excluding hydrogens is 220 g/mol. The highest BCUT2D eigenvalue weighted by atomic mass is 35.5. The van der Waals surface area contributed by atoms with E-state index in [4.69, 9.17) is 16.9 Å². The van der Waals surface area contributed by atoms with Crippen LogP contribution in [-0.4, -0.2) is 12.6 Å². The maximum atomic E-state index is 9.02. The molecule has 1 saturated heterocycles. The quantitative estimate of drug-likeness (QED) is 0.745. The van der Waals surface area contributed by atoms with Crippen molar-refractivity contribution in [3.63, 3.8) is 0 Å². The predicted octanol–water partition coefficient (Wildman–Crippen LogP) is 3.39. The molecule has 1 aromatic carbocycles. The van der Waals surface area contributed by atoms with Crippen LogP contribution in [0, 0.1) is 24.2 Å². The second-order valence-electron chi connectivity index (χ2n) is 4.34. The van der Waals surface area contributed by atoms with Gasteiger partial charge in [-0.05, 0) is 38.0 Å². The summed E-state index contributed by atoms with van der Waals surface area (Å²) in [7, 11) is 0. The molecule has 2 unspecified atom stereocenters. The standard InChI is InChI=1S/C13H15ClN2/c1-9-12(14)4-3-5-13(9)16-7-6-11(8-15)10(16)2/h3-5,10-11H,6-7H2,1-2H3. The van der Waals surface area contributed by atoms with E-state index in [-0.39, 0.29) is 12.0 Å². The van der Waals surface area contributed by atoms with E-state index in [2.05, 4.69) is 24.0 Å². The fraction of sp³-hybridized carbons (Fsp3) is 0.462. The Morgan fingerprint density at radius 3 is 2.88 bits per heavy atom. The molecule has 0 bridgehead atoms. The number of halogens is 1. The molecule has 1 aromatic rings. The first-order chi connectivity index (χ1) is 7.65. The zero-order valence-corrected chi connectivity index (χ0v) is 10.3. The highest BCUT2D eigenvalue weighted by molar-refractivity contribution is 6.31. The molecule has 0 saturated carbocycles. The SMILES string of the molecule is Cc1c(Cl)cccc1N1CCC(C#N)C1C. The Morgan fingerprint density at radius 2 is 2.25 bits per heavy atom. The van der Waals surface area contributed by atoms with Crippen molar-refractivity contribution in [1.82, 2.24) is 0 Å². The van der Waals surface area contributed by atoms with E-state index in [0.717, 1.165) is 29.2 Å². The van der Waals surface area contributed by atoms with Gasteiger partial charge in [0.15, 0.2) is 0 Å². The largest absolute Gasteiger partial charge is 0.367 e. The van der Waals surface area contributed by atoms with Crippen molar-refractivity contribution in [3.05, 3.63) is 28.8 Å². The zero-order valence-electron chi connectivity index (χ0n) is 9.57. The highest BCUT2D eigenvalue weighted by Gasteiger charge is 2.31. The summed E-state index contributed by atoms with van der Waals surface area (Å²) >= 11 is 6.12. The lowest BCUT2D eigenvalue weighted by atomic mass is 10.0. The molecule has 3 heteroatoms. The molecule has 2 atom stereocenters. The molecule has 0 radical (unpaired) electrons. The Morgan fingerprint density at radius 1 is 1.50 bits per heavy atom. The summed E-state index contributed by atoms with van der Waals surface area (Å²) in [6, 6.07) is 8.61. The molecule has 2 nitrogen and oxygen atoms in total. The molecule has 84 valence electrons. The van der Waals surface area contributed by atoms with E-state index >= 15 is 0 Å². The smallest absolute Gasteiger partial charge is 0.0681 e. The maximum Gasteiger partial charge on any atom is 0.0681 e. The van der Waals surface area contributed by atoms with Gasteiger partial charge in [0.05, 0.1) is 12.0 Å². The van der Waals surface area contributed by atoms with Gasteiger partial charge in [0, 0.05) is 23.3 Å². The van der Waals surface area contributed by atoms with Crippen molar-refractivity contribution in [2.75, 3.05) is 11.4 Å². The molecular formula is C13H15ClN2. The van der Waals surface area contributed by atoms with Gasteiger partial charge in [-0.2, -0.15) is 5.26 Å². The molecule has 0 aromatic heterocycles. The van der Waals surface area contributed by atoms with E-state index < -0.39 is 0 Å². The molecule has 0 N–H and O–H groups in total. The van der Waals surface area contributed by atoms with Gasteiger partial charge < -0.3 is 4.90 Å². The van der Waals surface area contributed by atoms with Crippen molar-refractivity contribution in [1.29, 1.82) is 5.26 Å². The van der Waals surface area contributed by atoms with Crippen LogP contribution in [0.1, 0.15) is 18.9 Å². The van der Waals surface area contributed by atoms with E-state index in [1.54, 1.807) is 0 Å². The lowest BCUT2D eigenvalue weighted by molar-refractivity contribution is 0.615. The average Bonchev–Trinajstić information content (AvgIpc) is 2.64. The second-order valence-corrected chi connectivity index (χ2v) is 4.75. The predicted molar refractivity (Wildman–Crippen MR) is 66.7 cm³/mol. The highest BCUT2D eigenvalue weighted by Crippen LogP contribution is 2.33. The number of rotatable bonds is 1.